The van der Waals surface area contributed by atoms with Gasteiger partial charge in [0.25, 0.3) is 0 Å². The van der Waals surface area contributed by atoms with Crippen LogP contribution in [0, 0.1) is 11.8 Å². The smallest absolute Gasteiger partial charge is 0.237 e. The topological polar surface area (TPSA) is 130 Å². The second kappa shape index (κ2) is 11.8. The zero-order valence-corrected chi connectivity index (χ0v) is 23.9. The summed E-state index contributed by atoms with van der Waals surface area (Å²) in [6.45, 7) is 7.99. The van der Waals surface area contributed by atoms with Crippen LogP contribution in [0.25, 0.3) is 22.1 Å². The van der Waals surface area contributed by atoms with Gasteiger partial charge < -0.3 is 21.0 Å². The zero-order chi connectivity index (χ0) is 28.4. The van der Waals surface area contributed by atoms with Crippen LogP contribution in [0.2, 0.25) is 0 Å². The van der Waals surface area contributed by atoms with Crippen molar-refractivity contribution in [2.24, 2.45) is 17.6 Å². The quantitative estimate of drug-likeness (QED) is 0.300. The van der Waals surface area contributed by atoms with E-state index in [1.54, 1.807) is 0 Å². The number of amides is 1. The Labute approximate surface area is 235 Å². The number of nitrogens with two attached hydrogens (primary N) is 1. The van der Waals surface area contributed by atoms with Crippen molar-refractivity contribution < 1.29 is 9.59 Å². The number of hydrogen-bond donors (Lipinski definition) is 4. The van der Waals surface area contributed by atoms with E-state index in [1.807, 2.05) is 58.0 Å². The number of aromatic amines is 2. The SMILES string of the molecule is CC[C@H](C)[C@H](N)C(=O)N[C@H](C(=O)c1c2nc(cc3ccc(cc4nc(cc5ccc1[nH]5)CC4)[nH]3)CC2)[C@@H](C)CC. The van der Waals surface area contributed by atoms with Gasteiger partial charge in [-0.05, 0) is 80.0 Å². The summed E-state index contributed by atoms with van der Waals surface area (Å²) in [5.74, 6) is -0.498. The van der Waals surface area contributed by atoms with E-state index in [0.717, 1.165) is 71.4 Å². The minimum absolute atomic E-state index is 0.0127. The molecule has 2 aliphatic rings. The van der Waals surface area contributed by atoms with Crippen LogP contribution in [-0.2, 0) is 30.5 Å². The third-order valence-corrected chi connectivity index (χ3v) is 8.38. The van der Waals surface area contributed by atoms with Gasteiger partial charge in [0.05, 0.1) is 28.9 Å². The molecule has 3 aromatic heterocycles. The van der Waals surface area contributed by atoms with Crippen molar-refractivity contribution in [3.8, 4) is 0 Å². The molecule has 8 nitrogen and oxygen atoms in total. The van der Waals surface area contributed by atoms with Crippen LogP contribution in [-0.4, -0.2) is 43.7 Å². The van der Waals surface area contributed by atoms with Crippen molar-refractivity contribution in [1.29, 1.82) is 0 Å². The van der Waals surface area contributed by atoms with E-state index in [4.69, 9.17) is 15.7 Å². The van der Waals surface area contributed by atoms with Gasteiger partial charge >= 0.3 is 0 Å². The van der Waals surface area contributed by atoms with Gasteiger partial charge in [-0.1, -0.05) is 40.5 Å². The van der Waals surface area contributed by atoms with Crippen LogP contribution in [0.5, 0.6) is 0 Å². The molecule has 4 atom stereocenters. The zero-order valence-electron chi connectivity index (χ0n) is 23.9. The standard InChI is InChI=1S/C32H40N6O2/c1-5-18(3)29(33)32(40)38-30(19(4)6-2)31(39)28-26-13-11-24(36-26)16-22-9-7-20(34-22)15-21-8-10-23(35-21)17-25-12-14-27(28)37-25/h7,9,12,14-19,29-30,34,37H,5-6,8,10-11,13,33H2,1-4H3,(H,38,40)/t18-,19-,29-,30-/m0/s1. The van der Waals surface area contributed by atoms with Gasteiger partial charge in [0.1, 0.15) is 0 Å². The number of carbonyl (C=O) groups excluding carboxylic acids is 2. The van der Waals surface area contributed by atoms with E-state index >= 15 is 0 Å². The lowest BCUT2D eigenvalue weighted by Gasteiger charge is -2.26. The average Bonchev–Trinajstić information content (AvgIpc) is 3.76. The number of fused-ring (bicyclic) bond motifs is 8. The minimum atomic E-state index is -0.711. The highest BCUT2D eigenvalue weighted by molar-refractivity contribution is 6.08. The largest absolute Gasteiger partial charge is 0.355 e. The second-order valence-corrected chi connectivity index (χ2v) is 11.3. The van der Waals surface area contributed by atoms with Gasteiger partial charge in [-0.25, -0.2) is 0 Å². The molecule has 5 rings (SSSR count). The number of hydrogen-bond acceptors (Lipinski definition) is 5. The lowest BCUT2D eigenvalue weighted by atomic mass is 9.89. The van der Waals surface area contributed by atoms with E-state index in [-0.39, 0.29) is 23.5 Å². The van der Waals surface area contributed by atoms with Crippen LogP contribution in [0.1, 0.15) is 73.7 Å². The van der Waals surface area contributed by atoms with Crippen LogP contribution in [0.3, 0.4) is 0 Å². The Morgan fingerprint density at radius 2 is 1.38 bits per heavy atom. The molecule has 0 spiro atoms. The molecular formula is C32H40N6O2. The second-order valence-electron chi connectivity index (χ2n) is 11.3. The van der Waals surface area contributed by atoms with E-state index in [0.29, 0.717) is 17.5 Å². The lowest BCUT2D eigenvalue weighted by Crippen LogP contribution is -2.52. The van der Waals surface area contributed by atoms with Gasteiger partial charge in [0, 0.05) is 33.6 Å². The Balaban J connectivity index is 1.68. The summed E-state index contributed by atoms with van der Waals surface area (Å²) in [6, 6.07) is 12.8. The van der Waals surface area contributed by atoms with Crippen molar-refractivity contribution in [3.05, 3.63) is 70.8 Å². The first-order valence-electron chi connectivity index (χ1n) is 14.5. The van der Waals surface area contributed by atoms with Crippen molar-refractivity contribution in [3.63, 3.8) is 0 Å². The number of nitrogens with zero attached hydrogens (tertiary/aromatic N) is 2. The predicted molar refractivity (Wildman–Crippen MR) is 159 cm³/mol. The van der Waals surface area contributed by atoms with Gasteiger partial charge in [-0.15, -0.1) is 0 Å². The first kappa shape index (κ1) is 27.8. The Hall–Kier alpha value is -3.78. The molecule has 0 unspecified atom stereocenters. The van der Waals surface area contributed by atoms with E-state index in [1.165, 1.54) is 0 Å². The lowest BCUT2D eigenvalue weighted by molar-refractivity contribution is -0.124. The van der Waals surface area contributed by atoms with Crippen molar-refractivity contribution in [2.45, 2.75) is 78.3 Å². The van der Waals surface area contributed by atoms with E-state index in [2.05, 4.69) is 27.4 Å². The van der Waals surface area contributed by atoms with Crippen LogP contribution in [0.15, 0.2) is 42.5 Å². The number of carbonyl (C=O) groups is 2. The molecule has 40 heavy (non-hydrogen) atoms. The van der Waals surface area contributed by atoms with Gasteiger partial charge in [0.15, 0.2) is 5.78 Å². The maximum Gasteiger partial charge on any atom is 0.237 e. The molecule has 0 saturated carbocycles. The summed E-state index contributed by atoms with van der Waals surface area (Å²) in [4.78, 5) is 44.2. The van der Waals surface area contributed by atoms with Crippen LogP contribution >= 0.6 is 0 Å². The summed E-state index contributed by atoms with van der Waals surface area (Å²) in [5, 5.41) is 3.02. The molecule has 0 radical (unpaired) electrons. The van der Waals surface area contributed by atoms with Gasteiger partial charge in [-0.2, -0.15) is 0 Å². The molecular weight excluding hydrogens is 500 g/mol. The highest BCUT2D eigenvalue weighted by Crippen LogP contribution is 2.24. The molecule has 5 heterocycles. The number of H-pyrrole nitrogens is 2. The number of nitrogens with one attached hydrogen (secondary N) is 3. The van der Waals surface area contributed by atoms with Crippen molar-refractivity contribution in [1.82, 2.24) is 25.3 Å². The molecule has 5 N–H and O–H groups in total. The molecule has 0 fully saturated rings. The fourth-order valence-corrected chi connectivity index (χ4v) is 5.41. The first-order valence-corrected chi connectivity index (χ1v) is 14.5. The van der Waals surface area contributed by atoms with Crippen molar-refractivity contribution in [2.75, 3.05) is 0 Å². The summed E-state index contributed by atoms with van der Waals surface area (Å²) >= 11 is 0. The number of rotatable bonds is 8. The number of aromatic nitrogens is 4. The molecule has 8 bridgehead atoms. The predicted octanol–water partition coefficient (Wildman–Crippen LogP) is 4.97. The number of ketones is 1. The minimum Gasteiger partial charge on any atom is -0.355 e. The van der Waals surface area contributed by atoms with Crippen LogP contribution < -0.4 is 11.1 Å². The summed E-state index contributed by atoms with van der Waals surface area (Å²) in [5.41, 5.74) is 14.0. The Morgan fingerprint density at radius 1 is 0.825 bits per heavy atom. The van der Waals surface area contributed by atoms with E-state index in [9.17, 15) is 9.59 Å². The highest BCUT2D eigenvalue weighted by atomic mass is 16.2. The van der Waals surface area contributed by atoms with E-state index < -0.39 is 12.1 Å². The van der Waals surface area contributed by atoms with Gasteiger partial charge in [-0.3, -0.25) is 19.6 Å². The number of Topliss-reactive ketones (excluding diaryl/α,β-unsaturated/α-hetero) is 1. The first-order chi connectivity index (χ1) is 19.2. The van der Waals surface area contributed by atoms with Crippen LogP contribution in [0.4, 0.5) is 0 Å². The monoisotopic (exact) mass is 540 g/mol. The Kier molecular flexibility index (Phi) is 8.17. The molecule has 0 saturated heterocycles. The van der Waals surface area contributed by atoms with Gasteiger partial charge in [0.2, 0.25) is 5.91 Å². The molecule has 0 aliphatic carbocycles. The Bertz CT molecular complexity index is 1570. The highest BCUT2D eigenvalue weighted by Gasteiger charge is 2.32. The summed E-state index contributed by atoms with van der Waals surface area (Å²) < 4.78 is 0. The maximum atomic E-state index is 14.4. The third kappa shape index (κ3) is 5.87. The molecule has 3 aromatic rings. The summed E-state index contributed by atoms with van der Waals surface area (Å²) in [7, 11) is 0. The number of aryl methyl sites for hydroxylation is 4. The molecule has 2 aliphatic heterocycles. The fraction of sp³-hybridized carbons (Fsp3) is 0.438. The maximum absolute atomic E-state index is 14.4. The molecule has 0 aromatic carbocycles. The average molecular weight is 541 g/mol. The summed E-state index contributed by atoms with van der Waals surface area (Å²) in [6.07, 6.45) is 4.63. The molecule has 210 valence electrons. The van der Waals surface area contributed by atoms with Crippen molar-refractivity contribution >= 4 is 33.8 Å². The third-order valence-electron chi connectivity index (χ3n) is 8.38. The molecule has 1 amide bonds. The molecule has 8 heteroatoms. The Morgan fingerprint density at radius 3 is 2.00 bits per heavy atom. The fourth-order valence-electron chi connectivity index (χ4n) is 5.41. The normalized spacial score (nSPS) is 16.2.